The van der Waals surface area contributed by atoms with Crippen molar-refractivity contribution < 1.29 is 9.21 Å². The molecule has 0 radical (unpaired) electrons. The van der Waals surface area contributed by atoms with Gasteiger partial charge in [-0.05, 0) is 18.1 Å². The van der Waals surface area contributed by atoms with Crippen LogP contribution in [0.25, 0.3) is 11.3 Å². The molecule has 0 aliphatic rings. The summed E-state index contributed by atoms with van der Waals surface area (Å²) in [5.74, 6) is 0.562. The van der Waals surface area contributed by atoms with Gasteiger partial charge >= 0.3 is 0 Å². The second kappa shape index (κ2) is 7.07. The Bertz CT molecular complexity index is 555. The minimum atomic E-state index is -0.520. The fourth-order valence-electron chi connectivity index (χ4n) is 1.64. The van der Waals surface area contributed by atoms with Crippen molar-refractivity contribution in [3.8, 4) is 11.3 Å². The zero-order valence-electron chi connectivity index (χ0n) is 11.4. The van der Waals surface area contributed by atoms with Gasteiger partial charge in [-0.2, -0.15) is 0 Å². The lowest BCUT2D eigenvalue weighted by Crippen LogP contribution is -2.39. The Balaban J connectivity index is 0.00000200. The highest BCUT2D eigenvalue weighted by atomic mass is 35.5. The van der Waals surface area contributed by atoms with Crippen LogP contribution in [-0.2, 0) is 4.79 Å². The van der Waals surface area contributed by atoms with Crippen LogP contribution in [0.15, 0.2) is 41.3 Å². The van der Waals surface area contributed by atoms with E-state index in [0.29, 0.717) is 11.4 Å². The molecule has 0 saturated carbocycles. The zero-order chi connectivity index (χ0) is 13.8. The van der Waals surface area contributed by atoms with E-state index in [1.165, 1.54) is 6.39 Å². The molecule has 20 heavy (non-hydrogen) atoms. The maximum absolute atomic E-state index is 11.9. The topological polar surface area (TPSA) is 81.2 Å². The number of carbonyl (C=O) groups is 1. The molecule has 1 aromatic heterocycles. The average Bonchev–Trinajstić information content (AvgIpc) is 2.91. The van der Waals surface area contributed by atoms with Crippen LogP contribution in [0.1, 0.15) is 13.8 Å². The summed E-state index contributed by atoms with van der Waals surface area (Å²) in [7, 11) is 0. The summed E-state index contributed by atoms with van der Waals surface area (Å²) in [6, 6.07) is 6.84. The van der Waals surface area contributed by atoms with E-state index >= 15 is 0 Å². The van der Waals surface area contributed by atoms with E-state index in [0.717, 1.165) is 5.56 Å². The normalized spacial score (nSPS) is 11.8. The van der Waals surface area contributed by atoms with E-state index in [4.69, 9.17) is 10.2 Å². The van der Waals surface area contributed by atoms with Gasteiger partial charge in [-0.25, -0.2) is 4.98 Å². The molecule has 0 unspecified atom stereocenters. The van der Waals surface area contributed by atoms with Gasteiger partial charge in [-0.1, -0.05) is 26.0 Å². The summed E-state index contributed by atoms with van der Waals surface area (Å²) in [6.07, 6.45) is 3.00. The predicted octanol–water partition coefficient (Wildman–Crippen LogP) is 2.69. The summed E-state index contributed by atoms with van der Waals surface area (Å²) in [6.45, 7) is 3.82. The molecule has 0 aliphatic carbocycles. The van der Waals surface area contributed by atoms with Crippen molar-refractivity contribution in [2.75, 3.05) is 5.32 Å². The van der Waals surface area contributed by atoms with Gasteiger partial charge in [0.2, 0.25) is 5.91 Å². The Hall–Kier alpha value is -1.85. The minimum absolute atomic E-state index is 0. The summed E-state index contributed by atoms with van der Waals surface area (Å²) < 4.78 is 5.22. The van der Waals surface area contributed by atoms with E-state index in [-0.39, 0.29) is 24.2 Å². The Labute approximate surface area is 124 Å². The lowest BCUT2D eigenvalue weighted by Gasteiger charge is -2.15. The number of amides is 1. The standard InChI is InChI=1S/C14H17N3O2.ClH/c1-9(2)13(15)14(18)17-11-5-3-4-10(6-11)12-7-16-8-19-12;/h3-9,13H,15H2,1-2H3,(H,17,18);1H/t13-;/m0./s1. The molecule has 6 heteroatoms. The molecule has 0 fully saturated rings. The van der Waals surface area contributed by atoms with Crippen molar-refractivity contribution in [3.63, 3.8) is 0 Å². The SMILES string of the molecule is CC(C)[C@H](N)C(=O)Nc1cccc(-c2cnco2)c1.Cl. The van der Waals surface area contributed by atoms with Crippen molar-refractivity contribution in [1.82, 2.24) is 4.98 Å². The minimum Gasteiger partial charge on any atom is -0.444 e. The summed E-state index contributed by atoms with van der Waals surface area (Å²) >= 11 is 0. The highest BCUT2D eigenvalue weighted by Gasteiger charge is 2.17. The first-order valence-corrected chi connectivity index (χ1v) is 6.13. The van der Waals surface area contributed by atoms with E-state index in [2.05, 4.69) is 10.3 Å². The van der Waals surface area contributed by atoms with Crippen LogP contribution in [0.3, 0.4) is 0 Å². The van der Waals surface area contributed by atoms with Crippen LogP contribution < -0.4 is 11.1 Å². The molecule has 2 rings (SSSR count). The lowest BCUT2D eigenvalue weighted by atomic mass is 10.0. The van der Waals surface area contributed by atoms with Crippen LogP contribution in [0.2, 0.25) is 0 Å². The van der Waals surface area contributed by atoms with Crippen molar-refractivity contribution >= 4 is 24.0 Å². The van der Waals surface area contributed by atoms with E-state index in [9.17, 15) is 4.79 Å². The maximum Gasteiger partial charge on any atom is 0.241 e. The fourth-order valence-corrected chi connectivity index (χ4v) is 1.64. The van der Waals surface area contributed by atoms with Crippen molar-refractivity contribution in [3.05, 3.63) is 36.9 Å². The third-order valence-electron chi connectivity index (χ3n) is 2.87. The number of benzene rings is 1. The Morgan fingerprint density at radius 3 is 2.75 bits per heavy atom. The molecule has 5 nitrogen and oxygen atoms in total. The first-order valence-electron chi connectivity index (χ1n) is 6.13. The van der Waals surface area contributed by atoms with Crippen LogP contribution in [0.5, 0.6) is 0 Å². The molecule has 1 aromatic carbocycles. The molecular formula is C14H18ClN3O2. The molecule has 1 heterocycles. The molecular weight excluding hydrogens is 278 g/mol. The fraction of sp³-hybridized carbons (Fsp3) is 0.286. The quantitative estimate of drug-likeness (QED) is 0.908. The number of rotatable bonds is 4. The third kappa shape index (κ3) is 3.82. The van der Waals surface area contributed by atoms with E-state index in [1.807, 2.05) is 38.1 Å². The number of anilines is 1. The number of nitrogens with zero attached hydrogens (tertiary/aromatic N) is 1. The lowest BCUT2D eigenvalue weighted by molar-refractivity contribution is -0.118. The van der Waals surface area contributed by atoms with Gasteiger partial charge in [-0.15, -0.1) is 12.4 Å². The molecule has 0 aliphatic heterocycles. The van der Waals surface area contributed by atoms with Gasteiger partial charge in [0, 0.05) is 11.3 Å². The number of aromatic nitrogens is 1. The van der Waals surface area contributed by atoms with Crippen LogP contribution >= 0.6 is 12.4 Å². The monoisotopic (exact) mass is 295 g/mol. The van der Waals surface area contributed by atoms with Crippen molar-refractivity contribution in [1.29, 1.82) is 0 Å². The van der Waals surface area contributed by atoms with Crippen LogP contribution in [-0.4, -0.2) is 16.9 Å². The first-order chi connectivity index (χ1) is 9.08. The smallest absolute Gasteiger partial charge is 0.241 e. The number of oxazole rings is 1. The second-order valence-electron chi connectivity index (χ2n) is 4.71. The summed E-state index contributed by atoms with van der Waals surface area (Å²) in [4.78, 5) is 15.7. The largest absolute Gasteiger partial charge is 0.444 e. The number of carbonyl (C=O) groups excluding carboxylic acids is 1. The van der Waals surface area contributed by atoms with Crippen LogP contribution in [0, 0.1) is 5.92 Å². The summed E-state index contributed by atoms with van der Waals surface area (Å²) in [5.41, 5.74) is 7.34. The molecule has 1 amide bonds. The highest BCUT2D eigenvalue weighted by molar-refractivity contribution is 5.95. The number of hydrogen-bond donors (Lipinski definition) is 2. The summed E-state index contributed by atoms with van der Waals surface area (Å²) in [5, 5.41) is 2.80. The number of hydrogen-bond acceptors (Lipinski definition) is 4. The van der Waals surface area contributed by atoms with Gasteiger partial charge in [0.15, 0.2) is 12.2 Å². The molecule has 3 N–H and O–H groups in total. The van der Waals surface area contributed by atoms with Crippen LogP contribution in [0.4, 0.5) is 5.69 Å². The molecule has 2 aromatic rings. The maximum atomic E-state index is 11.9. The number of nitrogens with two attached hydrogens (primary N) is 1. The second-order valence-corrected chi connectivity index (χ2v) is 4.71. The predicted molar refractivity (Wildman–Crippen MR) is 80.6 cm³/mol. The first kappa shape index (κ1) is 16.2. The number of nitrogens with one attached hydrogen (secondary N) is 1. The number of halogens is 1. The zero-order valence-corrected chi connectivity index (χ0v) is 12.2. The van der Waals surface area contributed by atoms with Crippen molar-refractivity contribution in [2.45, 2.75) is 19.9 Å². The van der Waals surface area contributed by atoms with Gasteiger partial charge < -0.3 is 15.5 Å². The van der Waals surface area contributed by atoms with Crippen molar-refractivity contribution in [2.24, 2.45) is 11.7 Å². The molecule has 0 spiro atoms. The van der Waals surface area contributed by atoms with Gasteiger partial charge in [0.1, 0.15) is 0 Å². The Kier molecular flexibility index (Phi) is 5.73. The van der Waals surface area contributed by atoms with E-state index < -0.39 is 6.04 Å². The molecule has 0 saturated heterocycles. The Morgan fingerprint density at radius 1 is 1.40 bits per heavy atom. The molecule has 0 bridgehead atoms. The van der Waals surface area contributed by atoms with Gasteiger partial charge in [-0.3, -0.25) is 4.79 Å². The molecule has 108 valence electrons. The van der Waals surface area contributed by atoms with E-state index in [1.54, 1.807) is 6.20 Å². The van der Waals surface area contributed by atoms with Gasteiger partial charge in [0.25, 0.3) is 0 Å². The Morgan fingerprint density at radius 2 is 2.15 bits per heavy atom. The third-order valence-corrected chi connectivity index (χ3v) is 2.87. The van der Waals surface area contributed by atoms with Gasteiger partial charge in [0.05, 0.1) is 12.2 Å². The average molecular weight is 296 g/mol. The highest BCUT2D eigenvalue weighted by Crippen LogP contribution is 2.22. The molecule has 1 atom stereocenters.